The van der Waals surface area contributed by atoms with Gasteiger partial charge in [0.05, 0.1) is 6.61 Å². The van der Waals surface area contributed by atoms with Crippen molar-refractivity contribution in [2.45, 2.75) is 52.9 Å². The van der Waals surface area contributed by atoms with Crippen molar-refractivity contribution in [3.63, 3.8) is 0 Å². The van der Waals surface area contributed by atoms with Crippen LogP contribution >= 0.6 is 0 Å². The van der Waals surface area contributed by atoms with Gasteiger partial charge in [0.2, 0.25) is 0 Å². The maximum atomic E-state index is 11.5. The van der Waals surface area contributed by atoms with Crippen molar-refractivity contribution in [2.75, 3.05) is 6.61 Å². The molecule has 0 bridgehead atoms. The van der Waals surface area contributed by atoms with E-state index in [9.17, 15) is 4.79 Å². The first-order valence-electron chi connectivity index (χ1n) is 5.91. The van der Waals surface area contributed by atoms with Crippen LogP contribution in [0.5, 0.6) is 0 Å². The maximum absolute atomic E-state index is 11.5. The van der Waals surface area contributed by atoms with E-state index in [0.29, 0.717) is 6.61 Å². The molecule has 0 aliphatic carbocycles. The first kappa shape index (κ1) is 12.3. The van der Waals surface area contributed by atoms with Gasteiger partial charge in [-0.15, -0.1) is 0 Å². The van der Waals surface area contributed by atoms with E-state index in [1.54, 1.807) is 0 Å². The molecule has 0 aromatic rings. The topological polar surface area (TPSA) is 26.3 Å². The minimum Gasteiger partial charge on any atom is -0.462 e. The Morgan fingerprint density at radius 3 is 2.80 bits per heavy atom. The van der Waals surface area contributed by atoms with Gasteiger partial charge in [-0.25, -0.2) is 4.79 Å². The Labute approximate surface area is 92.7 Å². The molecular weight excluding hydrogens is 188 g/mol. The molecule has 2 heteroatoms. The van der Waals surface area contributed by atoms with Gasteiger partial charge in [0.25, 0.3) is 0 Å². The Balaban J connectivity index is 2.47. The molecule has 0 saturated carbocycles. The molecule has 1 rings (SSSR count). The summed E-state index contributed by atoms with van der Waals surface area (Å²) in [7, 11) is 0. The van der Waals surface area contributed by atoms with Gasteiger partial charge in [0.15, 0.2) is 0 Å². The highest BCUT2D eigenvalue weighted by molar-refractivity contribution is 5.89. The molecule has 2 nitrogen and oxygen atoms in total. The average Bonchev–Trinajstić information content (AvgIpc) is 2.18. The van der Waals surface area contributed by atoms with Gasteiger partial charge in [0.1, 0.15) is 0 Å². The number of unbranched alkanes of at least 4 members (excludes halogenated alkanes) is 3. The van der Waals surface area contributed by atoms with Crippen LogP contribution in [0.25, 0.3) is 0 Å². The number of allylic oxidation sites excluding steroid dienone is 1. The van der Waals surface area contributed by atoms with Crippen molar-refractivity contribution in [2.24, 2.45) is 5.41 Å². The van der Waals surface area contributed by atoms with Crippen molar-refractivity contribution in [3.8, 4) is 0 Å². The summed E-state index contributed by atoms with van der Waals surface area (Å²) in [6, 6.07) is 0. The zero-order valence-electron chi connectivity index (χ0n) is 10.1. The number of carbonyl (C=O) groups is 1. The Morgan fingerprint density at radius 2 is 2.13 bits per heavy atom. The maximum Gasteiger partial charge on any atom is 0.333 e. The molecule has 86 valence electrons. The average molecular weight is 210 g/mol. The Morgan fingerprint density at radius 1 is 1.40 bits per heavy atom. The van der Waals surface area contributed by atoms with Gasteiger partial charge in [-0.2, -0.15) is 0 Å². The number of rotatable bonds is 4. The first-order chi connectivity index (χ1) is 7.05. The van der Waals surface area contributed by atoms with E-state index in [1.165, 1.54) is 19.3 Å². The summed E-state index contributed by atoms with van der Waals surface area (Å²) < 4.78 is 5.16. The molecule has 0 aromatic carbocycles. The minimum absolute atomic E-state index is 0.106. The molecule has 0 spiro atoms. The van der Waals surface area contributed by atoms with Crippen LogP contribution in [-0.2, 0) is 9.53 Å². The van der Waals surface area contributed by atoms with Gasteiger partial charge in [-0.1, -0.05) is 39.7 Å². The summed E-state index contributed by atoms with van der Waals surface area (Å²) in [4.78, 5) is 11.5. The molecule has 0 radical (unpaired) electrons. The van der Waals surface area contributed by atoms with E-state index in [2.05, 4.69) is 26.8 Å². The molecule has 0 N–H and O–H groups in total. The predicted octanol–water partition coefficient (Wildman–Crippen LogP) is 3.47. The van der Waals surface area contributed by atoms with Crippen molar-refractivity contribution in [3.05, 3.63) is 11.6 Å². The third-order valence-electron chi connectivity index (χ3n) is 2.72. The molecular formula is C13H22O2. The number of carbonyl (C=O) groups excluding carboxylic acids is 1. The van der Waals surface area contributed by atoms with Gasteiger partial charge in [0, 0.05) is 11.0 Å². The van der Waals surface area contributed by atoms with Crippen LogP contribution in [0.1, 0.15) is 52.9 Å². The lowest BCUT2D eigenvalue weighted by Crippen LogP contribution is -2.30. The molecule has 1 saturated heterocycles. The van der Waals surface area contributed by atoms with Gasteiger partial charge >= 0.3 is 5.97 Å². The SMILES string of the molecule is CCCCC/C=C1/CC(C)(C)COC1=O. The van der Waals surface area contributed by atoms with Crippen molar-refractivity contribution in [1.82, 2.24) is 0 Å². The Kier molecular flexibility index (Phi) is 4.37. The quantitative estimate of drug-likeness (QED) is 0.403. The fourth-order valence-corrected chi connectivity index (χ4v) is 1.82. The van der Waals surface area contributed by atoms with E-state index in [0.717, 1.165) is 18.4 Å². The summed E-state index contributed by atoms with van der Waals surface area (Å²) in [6.07, 6.45) is 7.57. The number of cyclic esters (lactones) is 1. The van der Waals surface area contributed by atoms with Crippen LogP contribution in [-0.4, -0.2) is 12.6 Å². The molecule has 0 atom stereocenters. The molecule has 1 aliphatic rings. The highest BCUT2D eigenvalue weighted by Gasteiger charge is 2.30. The summed E-state index contributed by atoms with van der Waals surface area (Å²) in [5.41, 5.74) is 0.993. The number of hydrogen-bond acceptors (Lipinski definition) is 2. The van der Waals surface area contributed by atoms with Crippen LogP contribution in [0.3, 0.4) is 0 Å². The highest BCUT2D eigenvalue weighted by atomic mass is 16.5. The normalized spacial score (nSPS) is 22.9. The van der Waals surface area contributed by atoms with E-state index >= 15 is 0 Å². The second-order valence-corrected chi connectivity index (χ2v) is 5.14. The lowest BCUT2D eigenvalue weighted by molar-refractivity contribution is -0.146. The molecule has 1 aliphatic heterocycles. The van der Waals surface area contributed by atoms with Crippen molar-refractivity contribution in [1.29, 1.82) is 0 Å². The van der Waals surface area contributed by atoms with E-state index in [-0.39, 0.29) is 11.4 Å². The fourth-order valence-electron chi connectivity index (χ4n) is 1.82. The highest BCUT2D eigenvalue weighted by Crippen LogP contribution is 2.31. The van der Waals surface area contributed by atoms with E-state index < -0.39 is 0 Å². The second kappa shape index (κ2) is 5.34. The lowest BCUT2D eigenvalue weighted by Gasteiger charge is -2.30. The van der Waals surface area contributed by atoms with Crippen LogP contribution in [0, 0.1) is 5.41 Å². The van der Waals surface area contributed by atoms with Crippen LogP contribution in [0.4, 0.5) is 0 Å². The van der Waals surface area contributed by atoms with Gasteiger partial charge in [-0.3, -0.25) is 0 Å². The Hall–Kier alpha value is -0.790. The minimum atomic E-state index is -0.106. The third kappa shape index (κ3) is 4.06. The molecule has 0 aromatic heterocycles. The number of ether oxygens (including phenoxy) is 1. The summed E-state index contributed by atoms with van der Waals surface area (Å²) in [5.74, 6) is -0.106. The molecule has 0 amide bonds. The first-order valence-corrected chi connectivity index (χ1v) is 5.91. The number of esters is 1. The van der Waals surface area contributed by atoms with E-state index in [1.807, 2.05) is 0 Å². The monoisotopic (exact) mass is 210 g/mol. The van der Waals surface area contributed by atoms with Gasteiger partial charge in [-0.05, 0) is 19.3 Å². The second-order valence-electron chi connectivity index (χ2n) is 5.14. The zero-order chi connectivity index (χ0) is 11.3. The van der Waals surface area contributed by atoms with Crippen molar-refractivity contribution < 1.29 is 9.53 Å². The van der Waals surface area contributed by atoms with E-state index in [4.69, 9.17) is 4.74 Å². The summed E-state index contributed by atoms with van der Waals surface area (Å²) in [5, 5.41) is 0. The van der Waals surface area contributed by atoms with Crippen LogP contribution in [0.15, 0.2) is 11.6 Å². The molecule has 15 heavy (non-hydrogen) atoms. The standard InChI is InChI=1S/C13H22O2/c1-4-5-6-7-8-11-9-13(2,3)10-15-12(11)14/h8H,4-7,9-10H2,1-3H3/b11-8-. The summed E-state index contributed by atoms with van der Waals surface area (Å²) >= 11 is 0. The lowest BCUT2D eigenvalue weighted by atomic mass is 9.84. The predicted molar refractivity (Wildman–Crippen MR) is 61.6 cm³/mol. The fraction of sp³-hybridized carbons (Fsp3) is 0.769. The number of hydrogen-bond donors (Lipinski definition) is 0. The molecule has 0 unspecified atom stereocenters. The largest absolute Gasteiger partial charge is 0.462 e. The van der Waals surface area contributed by atoms with Crippen molar-refractivity contribution >= 4 is 5.97 Å². The molecule has 1 fully saturated rings. The third-order valence-corrected chi connectivity index (χ3v) is 2.72. The van der Waals surface area contributed by atoms with Crippen LogP contribution < -0.4 is 0 Å². The smallest absolute Gasteiger partial charge is 0.333 e. The zero-order valence-corrected chi connectivity index (χ0v) is 10.1. The Bertz CT molecular complexity index is 251. The summed E-state index contributed by atoms with van der Waals surface area (Å²) in [6.45, 7) is 7.02. The van der Waals surface area contributed by atoms with Crippen LogP contribution in [0.2, 0.25) is 0 Å². The molecule has 1 heterocycles. The van der Waals surface area contributed by atoms with Gasteiger partial charge < -0.3 is 4.74 Å².